The van der Waals surface area contributed by atoms with E-state index in [1.165, 1.54) is 125 Å². The fraction of sp³-hybridized carbons (Fsp3) is 0.400. The summed E-state index contributed by atoms with van der Waals surface area (Å²) in [5, 5.41) is 9.17. The van der Waals surface area contributed by atoms with Crippen LogP contribution in [0.25, 0.3) is 60.8 Å². The van der Waals surface area contributed by atoms with Gasteiger partial charge in [-0.3, -0.25) is 0 Å². The molecule has 0 bridgehead atoms. The molecule has 6 heterocycles. The van der Waals surface area contributed by atoms with Crippen LogP contribution in [0.15, 0.2) is 59.6 Å². The second-order valence-corrected chi connectivity index (χ2v) is 19.1. The van der Waals surface area contributed by atoms with Crippen LogP contribution in [0, 0.1) is 11.8 Å². The Kier molecular flexibility index (Phi) is 11.3. The summed E-state index contributed by atoms with van der Waals surface area (Å²) in [5.74, 6) is 1.52. The van der Waals surface area contributed by atoms with Gasteiger partial charge in [-0.2, -0.15) is 0 Å². The highest BCUT2D eigenvalue weighted by Gasteiger charge is 2.25. The monoisotopic (exact) mass is 744 g/mol. The molecule has 6 aromatic heterocycles. The molecule has 0 radical (unpaired) electrons. The lowest BCUT2D eigenvalue weighted by Gasteiger charge is -2.13. The predicted molar refractivity (Wildman–Crippen MR) is 220 cm³/mol. The average molecular weight is 745 g/mol. The number of fused-ring (bicyclic) bond motifs is 2. The van der Waals surface area contributed by atoms with Crippen molar-refractivity contribution in [2.45, 2.75) is 91.9 Å². The lowest BCUT2D eigenvalue weighted by molar-refractivity contribution is 0.452. The standard InChI is InChI=1S/C40H44N2S6/c1-5-9-11-25(7-3)21-27-13-15-31(45-27)35-29-23-33(39-41-17-19-43-39)48-38(29)36(30-24-34(47-37(30)35)40-42-18-20-44-40)32-16-14-28(46-32)22-26(8-4)12-10-6-2/h13-20,23-26H,5-12,21-22H2,1-4H3. The SMILES string of the molecule is CCCCC(CC)Cc1ccc(-c2c3cc(-c4nccs4)sc3c(-c3ccc(CC(CC)CCCC)s3)c3cc(-c4nccs4)sc23)s1. The van der Waals surface area contributed by atoms with Crippen LogP contribution >= 0.6 is 68.0 Å². The Bertz CT molecular complexity index is 1850. The second-order valence-electron chi connectivity index (χ2n) is 12.9. The van der Waals surface area contributed by atoms with Crippen molar-refractivity contribution in [2.24, 2.45) is 11.8 Å². The third-order valence-electron chi connectivity index (χ3n) is 9.63. The molecule has 0 aliphatic carbocycles. The average Bonchev–Trinajstić information content (AvgIpc) is 3.94. The van der Waals surface area contributed by atoms with Gasteiger partial charge in [0, 0.05) is 74.0 Å². The Morgan fingerprint density at radius 2 is 1.02 bits per heavy atom. The quantitative estimate of drug-likeness (QED) is 0.0984. The van der Waals surface area contributed by atoms with E-state index in [4.69, 9.17) is 9.97 Å². The van der Waals surface area contributed by atoms with Crippen LogP contribution in [0.3, 0.4) is 0 Å². The molecular formula is C40H44N2S6. The van der Waals surface area contributed by atoms with Gasteiger partial charge in [-0.1, -0.05) is 79.1 Å². The Hall–Kier alpha value is -2.20. The highest BCUT2D eigenvalue weighted by Crippen LogP contribution is 2.54. The van der Waals surface area contributed by atoms with E-state index in [2.05, 4.69) is 74.9 Å². The minimum atomic E-state index is 0.761. The van der Waals surface area contributed by atoms with E-state index < -0.39 is 0 Å². The van der Waals surface area contributed by atoms with Gasteiger partial charge in [-0.25, -0.2) is 9.97 Å². The summed E-state index contributed by atoms with van der Waals surface area (Å²) in [5.41, 5.74) is 2.80. The maximum atomic E-state index is 4.76. The van der Waals surface area contributed by atoms with Crippen LogP contribution in [0.5, 0.6) is 0 Å². The van der Waals surface area contributed by atoms with Crippen LogP contribution < -0.4 is 0 Å². The summed E-state index contributed by atoms with van der Waals surface area (Å²) in [4.78, 5) is 17.9. The van der Waals surface area contributed by atoms with Crippen molar-refractivity contribution in [1.82, 2.24) is 9.97 Å². The molecule has 7 rings (SSSR count). The predicted octanol–water partition coefficient (Wildman–Crippen LogP) is 15.3. The normalized spacial score (nSPS) is 13.2. The molecule has 0 N–H and O–H groups in total. The number of hydrogen-bond donors (Lipinski definition) is 0. The van der Waals surface area contributed by atoms with Crippen molar-refractivity contribution in [3.8, 4) is 40.7 Å². The first kappa shape index (κ1) is 34.3. The number of rotatable bonds is 16. The van der Waals surface area contributed by atoms with Gasteiger partial charge in [0.05, 0.1) is 9.75 Å². The first-order chi connectivity index (χ1) is 23.6. The lowest BCUT2D eigenvalue weighted by Crippen LogP contribution is -2.01. The fourth-order valence-electron chi connectivity index (χ4n) is 6.86. The van der Waals surface area contributed by atoms with E-state index >= 15 is 0 Å². The molecule has 0 amide bonds. The maximum absolute atomic E-state index is 4.76. The Balaban J connectivity index is 1.41. The van der Waals surface area contributed by atoms with Gasteiger partial charge in [-0.15, -0.1) is 68.0 Å². The van der Waals surface area contributed by atoms with E-state index in [0.717, 1.165) is 21.9 Å². The molecule has 0 saturated heterocycles. The third kappa shape index (κ3) is 7.17. The first-order valence-electron chi connectivity index (χ1n) is 17.6. The number of aromatic nitrogens is 2. The zero-order valence-corrected chi connectivity index (χ0v) is 33.2. The topological polar surface area (TPSA) is 25.8 Å². The van der Waals surface area contributed by atoms with Crippen LogP contribution in [0.4, 0.5) is 0 Å². The fourth-order valence-corrected chi connectivity index (χ4v) is 13.3. The zero-order chi connectivity index (χ0) is 33.0. The summed E-state index contributed by atoms with van der Waals surface area (Å²) >= 11 is 11.4. The lowest BCUT2D eigenvalue weighted by atomic mass is 9.95. The van der Waals surface area contributed by atoms with Gasteiger partial charge < -0.3 is 0 Å². The van der Waals surface area contributed by atoms with E-state index in [1.54, 1.807) is 22.7 Å². The van der Waals surface area contributed by atoms with E-state index in [0.29, 0.717) is 0 Å². The van der Waals surface area contributed by atoms with E-state index in [9.17, 15) is 0 Å². The van der Waals surface area contributed by atoms with E-state index in [-0.39, 0.29) is 0 Å². The van der Waals surface area contributed by atoms with Crippen LogP contribution in [-0.4, -0.2) is 9.97 Å². The number of benzene rings is 1. The Morgan fingerprint density at radius 1 is 0.562 bits per heavy atom. The molecule has 7 aromatic rings. The summed E-state index contributed by atoms with van der Waals surface area (Å²) < 4.78 is 2.78. The second kappa shape index (κ2) is 15.8. The third-order valence-corrected chi connectivity index (χ3v) is 16.1. The van der Waals surface area contributed by atoms with Crippen molar-refractivity contribution in [3.63, 3.8) is 0 Å². The van der Waals surface area contributed by atoms with Gasteiger partial charge in [0.2, 0.25) is 0 Å². The Morgan fingerprint density at radius 3 is 1.40 bits per heavy atom. The van der Waals surface area contributed by atoms with E-state index in [1.807, 2.05) is 57.7 Å². The summed E-state index contributed by atoms with van der Waals surface area (Å²) in [6.45, 7) is 9.35. The van der Waals surface area contributed by atoms with Crippen molar-refractivity contribution in [2.75, 3.05) is 0 Å². The summed E-state index contributed by atoms with van der Waals surface area (Å²) in [6, 6.07) is 14.5. The first-order valence-corrected chi connectivity index (χ1v) is 22.6. The molecule has 0 aliphatic heterocycles. The van der Waals surface area contributed by atoms with Crippen LogP contribution in [0.2, 0.25) is 0 Å². The minimum absolute atomic E-state index is 0.761. The molecular weight excluding hydrogens is 701 g/mol. The number of nitrogens with zero attached hydrogens (tertiary/aromatic N) is 2. The summed E-state index contributed by atoms with van der Waals surface area (Å²) in [7, 11) is 0. The molecule has 48 heavy (non-hydrogen) atoms. The minimum Gasteiger partial charge on any atom is -0.244 e. The number of unbranched alkanes of at least 4 members (excludes halogenated alkanes) is 2. The van der Waals surface area contributed by atoms with Gasteiger partial charge >= 0.3 is 0 Å². The molecule has 0 fully saturated rings. The largest absolute Gasteiger partial charge is 0.244 e. The van der Waals surface area contributed by atoms with Gasteiger partial charge in [0.15, 0.2) is 0 Å². The molecule has 0 aliphatic rings. The van der Waals surface area contributed by atoms with Gasteiger partial charge in [0.1, 0.15) is 10.0 Å². The molecule has 2 unspecified atom stereocenters. The van der Waals surface area contributed by atoms with Gasteiger partial charge in [0.25, 0.3) is 0 Å². The Labute approximate surface area is 309 Å². The number of thiazole rings is 2. The number of hydrogen-bond acceptors (Lipinski definition) is 8. The highest BCUT2D eigenvalue weighted by molar-refractivity contribution is 7.28. The molecule has 2 atom stereocenters. The van der Waals surface area contributed by atoms with Crippen molar-refractivity contribution in [3.05, 3.63) is 69.3 Å². The van der Waals surface area contributed by atoms with Crippen molar-refractivity contribution in [1.29, 1.82) is 0 Å². The van der Waals surface area contributed by atoms with Crippen LogP contribution in [0.1, 0.15) is 88.8 Å². The highest BCUT2D eigenvalue weighted by atomic mass is 32.1. The summed E-state index contributed by atoms with van der Waals surface area (Å²) in [6.07, 6.45) is 16.6. The molecule has 250 valence electrons. The number of thiophene rings is 4. The molecule has 1 aromatic carbocycles. The molecule has 0 spiro atoms. The van der Waals surface area contributed by atoms with Gasteiger partial charge in [-0.05, 0) is 61.1 Å². The van der Waals surface area contributed by atoms with Crippen LogP contribution in [-0.2, 0) is 12.8 Å². The maximum Gasteiger partial charge on any atom is 0.133 e. The van der Waals surface area contributed by atoms with Crippen molar-refractivity contribution >= 4 is 88.2 Å². The molecule has 8 heteroatoms. The molecule has 2 nitrogen and oxygen atoms in total. The van der Waals surface area contributed by atoms with Crippen molar-refractivity contribution < 1.29 is 0 Å². The smallest absolute Gasteiger partial charge is 0.133 e. The zero-order valence-electron chi connectivity index (χ0n) is 28.3. The molecule has 0 saturated carbocycles.